The molecule has 0 heterocycles. The Balaban J connectivity index is 1.03. The SMILES string of the molecule is CC(C)(C)c1cc(-c2cc(Oc3cccc(-c4ccccc4)c3)cc(N(c3ccc(-c4ccccc4)cc3)c3cccc(N(c4cc(Oc5cccc(-c6ccccc6)c5)cc(-c5cc(C(C)(C)C)cc(C(C)(C)C)c5)c4)c4c(-c5ccccc5)cc(-c5ccccc5)cc4-c4ccccc4)c3)c2)cc(C(C)(C)C)c1. The molecule has 0 aliphatic carbocycles. The molecule has 0 unspecified atom stereocenters. The maximum atomic E-state index is 7.42. The summed E-state index contributed by atoms with van der Waals surface area (Å²) in [6.45, 7) is 27.8. The van der Waals surface area contributed by atoms with Gasteiger partial charge in [-0.15, -0.1) is 0 Å². The summed E-state index contributed by atoms with van der Waals surface area (Å²) >= 11 is 0. The molecule has 0 atom stereocenters. The molecule has 0 amide bonds. The van der Waals surface area contributed by atoms with E-state index in [2.05, 4.69) is 457 Å². The molecule has 0 aromatic heterocycles. The van der Waals surface area contributed by atoms with Crippen LogP contribution < -0.4 is 19.3 Å². The molecule has 15 aromatic carbocycles. The Hall–Kier alpha value is -12.5. The van der Waals surface area contributed by atoms with Crippen LogP contribution in [0.4, 0.5) is 34.1 Å². The molecular formula is C106H96N2O2. The van der Waals surface area contributed by atoms with E-state index in [-0.39, 0.29) is 21.7 Å². The van der Waals surface area contributed by atoms with E-state index < -0.39 is 0 Å². The van der Waals surface area contributed by atoms with Gasteiger partial charge >= 0.3 is 0 Å². The van der Waals surface area contributed by atoms with E-state index >= 15 is 0 Å². The first-order valence-corrected chi connectivity index (χ1v) is 38.5. The molecule has 0 aliphatic heterocycles. The minimum atomic E-state index is -0.160. The summed E-state index contributed by atoms with van der Waals surface area (Å²) in [7, 11) is 0. The van der Waals surface area contributed by atoms with Crippen molar-refractivity contribution in [3.05, 3.63) is 386 Å². The van der Waals surface area contributed by atoms with Crippen molar-refractivity contribution in [2.45, 2.75) is 105 Å². The first-order valence-electron chi connectivity index (χ1n) is 38.5. The van der Waals surface area contributed by atoms with Gasteiger partial charge in [-0.3, -0.25) is 0 Å². The third kappa shape index (κ3) is 16.5. The molecular weight excluding hydrogens is 1330 g/mol. The van der Waals surface area contributed by atoms with Crippen molar-refractivity contribution >= 4 is 34.1 Å². The normalized spacial score (nSPS) is 11.8. The average molecular weight is 1430 g/mol. The highest BCUT2D eigenvalue weighted by Crippen LogP contribution is 2.53. The lowest BCUT2D eigenvalue weighted by Crippen LogP contribution is -2.17. The molecule has 0 N–H and O–H groups in total. The highest BCUT2D eigenvalue weighted by Gasteiger charge is 2.29. The highest BCUT2D eigenvalue weighted by atomic mass is 16.5. The minimum absolute atomic E-state index is 0.141. The molecule has 0 saturated heterocycles. The molecule has 4 heteroatoms. The second-order valence-corrected chi connectivity index (χ2v) is 33.1. The third-order valence-electron chi connectivity index (χ3n) is 20.8. The van der Waals surface area contributed by atoms with Gasteiger partial charge in [-0.05, 0) is 213 Å². The number of anilines is 6. The smallest absolute Gasteiger partial charge is 0.130 e. The second-order valence-electron chi connectivity index (χ2n) is 33.1. The Morgan fingerprint density at radius 1 is 0.173 bits per heavy atom. The van der Waals surface area contributed by atoms with Gasteiger partial charge in [0.15, 0.2) is 0 Å². The number of hydrogen-bond donors (Lipinski definition) is 0. The van der Waals surface area contributed by atoms with Crippen LogP contribution in [0.15, 0.2) is 364 Å². The van der Waals surface area contributed by atoms with Crippen LogP contribution in [0.25, 0.3) is 89.0 Å². The molecule has 0 aliphatic rings. The highest BCUT2D eigenvalue weighted by molar-refractivity contribution is 6.01. The van der Waals surface area contributed by atoms with E-state index in [1.807, 2.05) is 0 Å². The monoisotopic (exact) mass is 1430 g/mol. The van der Waals surface area contributed by atoms with Gasteiger partial charge in [-0.1, -0.05) is 344 Å². The lowest BCUT2D eigenvalue weighted by Gasteiger charge is -2.33. The third-order valence-corrected chi connectivity index (χ3v) is 20.8. The molecule has 0 fully saturated rings. The van der Waals surface area contributed by atoms with Gasteiger partial charge in [0.25, 0.3) is 0 Å². The van der Waals surface area contributed by atoms with Crippen LogP contribution in [0, 0.1) is 0 Å². The predicted molar refractivity (Wildman–Crippen MR) is 467 cm³/mol. The van der Waals surface area contributed by atoms with Gasteiger partial charge in [0.2, 0.25) is 0 Å². The van der Waals surface area contributed by atoms with E-state index in [1.165, 1.54) is 22.3 Å². The Bertz CT molecular complexity index is 5600. The van der Waals surface area contributed by atoms with E-state index in [4.69, 9.17) is 9.47 Å². The molecule has 0 saturated carbocycles. The maximum absolute atomic E-state index is 7.42. The Labute approximate surface area is 652 Å². The topological polar surface area (TPSA) is 24.9 Å². The fourth-order valence-electron chi connectivity index (χ4n) is 14.6. The van der Waals surface area contributed by atoms with Gasteiger partial charge in [-0.25, -0.2) is 0 Å². The number of benzene rings is 15. The van der Waals surface area contributed by atoms with Crippen LogP contribution in [0.3, 0.4) is 0 Å². The van der Waals surface area contributed by atoms with Crippen molar-refractivity contribution in [3.63, 3.8) is 0 Å². The van der Waals surface area contributed by atoms with Crippen LogP contribution in [-0.2, 0) is 21.7 Å². The standard InChI is InChI=1S/C106H96N2O2/c1-103(2,3)87-56-82(57-88(68-87)104(4,5)6)84-60-94(71-98(64-84)109-96-50-31-46-80(62-96)74-36-21-14-22-37-74)107(91-54-52-77(53-55-91)73-34-19-13-20-35-73)92-48-33-49-93(70-92)108(102-100(78-42-27-17-28-43-78)66-86(76-40-25-16-26-41-76)67-101(102)79-44-29-18-30-45-79)95-61-85(83-58-89(105(7,8)9)69-90(59-83)106(10,11)12)65-99(72-95)110-97-51-32-47-81(63-97)75-38-23-15-24-39-75/h13-72H,1-12H3. The second kappa shape index (κ2) is 30.6. The number of rotatable bonds is 18. The van der Waals surface area contributed by atoms with Crippen molar-refractivity contribution in [3.8, 4) is 112 Å². The van der Waals surface area contributed by atoms with Crippen LogP contribution in [0.5, 0.6) is 23.0 Å². The van der Waals surface area contributed by atoms with Crippen molar-refractivity contribution in [1.82, 2.24) is 0 Å². The van der Waals surface area contributed by atoms with Gasteiger partial charge in [0.05, 0.1) is 17.1 Å². The summed E-state index contributed by atoms with van der Waals surface area (Å²) in [4.78, 5) is 4.92. The Morgan fingerprint density at radius 2 is 0.455 bits per heavy atom. The summed E-state index contributed by atoms with van der Waals surface area (Å²) in [6, 6.07) is 132. The van der Waals surface area contributed by atoms with Crippen molar-refractivity contribution < 1.29 is 9.47 Å². The van der Waals surface area contributed by atoms with Crippen molar-refractivity contribution in [2.75, 3.05) is 9.80 Å². The summed E-state index contributed by atoms with van der Waals surface area (Å²) in [5.74, 6) is 2.86. The fraction of sp³-hybridized carbons (Fsp3) is 0.151. The maximum Gasteiger partial charge on any atom is 0.130 e. The van der Waals surface area contributed by atoms with Crippen LogP contribution in [-0.4, -0.2) is 0 Å². The summed E-state index contributed by atoms with van der Waals surface area (Å²) in [6.07, 6.45) is 0. The molecule has 15 rings (SSSR count). The van der Waals surface area contributed by atoms with Crippen molar-refractivity contribution in [2.24, 2.45) is 0 Å². The van der Waals surface area contributed by atoms with Crippen molar-refractivity contribution in [1.29, 1.82) is 0 Å². The summed E-state index contributed by atoms with van der Waals surface area (Å²) in [5.41, 5.74) is 27.4. The lowest BCUT2D eigenvalue weighted by atomic mass is 9.79. The molecule has 4 nitrogen and oxygen atoms in total. The van der Waals surface area contributed by atoms with Crippen LogP contribution >= 0.6 is 0 Å². The number of nitrogens with zero attached hydrogens (tertiary/aromatic N) is 2. The largest absolute Gasteiger partial charge is 0.457 e. The molecule has 0 bridgehead atoms. The van der Waals surface area contributed by atoms with Gasteiger partial charge in [0.1, 0.15) is 23.0 Å². The first kappa shape index (κ1) is 73.0. The average Bonchev–Trinajstić information content (AvgIpc) is 0.745. The summed E-state index contributed by atoms with van der Waals surface area (Å²) in [5, 5.41) is 0. The summed E-state index contributed by atoms with van der Waals surface area (Å²) < 4.78 is 14.7. The van der Waals surface area contributed by atoms with E-state index in [0.717, 1.165) is 135 Å². The number of hydrogen-bond acceptors (Lipinski definition) is 4. The van der Waals surface area contributed by atoms with E-state index in [0.29, 0.717) is 11.5 Å². The Morgan fingerprint density at radius 3 is 0.827 bits per heavy atom. The zero-order valence-corrected chi connectivity index (χ0v) is 65.4. The molecule has 0 radical (unpaired) electrons. The van der Waals surface area contributed by atoms with Crippen LogP contribution in [0.2, 0.25) is 0 Å². The molecule has 110 heavy (non-hydrogen) atoms. The molecule has 542 valence electrons. The quantitative estimate of drug-likeness (QED) is 0.0855. The fourth-order valence-corrected chi connectivity index (χ4v) is 14.6. The van der Waals surface area contributed by atoms with Gasteiger partial charge in [0, 0.05) is 40.3 Å². The first-order chi connectivity index (χ1) is 53.0. The zero-order chi connectivity index (χ0) is 76.3. The minimum Gasteiger partial charge on any atom is -0.457 e. The van der Waals surface area contributed by atoms with Crippen LogP contribution in [0.1, 0.15) is 105 Å². The van der Waals surface area contributed by atoms with E-state index in [9.17, 15) is 0 Å². The Kier molecular flexibility index (Phi) is 20.3. The van der Waals surface area contributed by atoms with E-state index in [1.54, 1.807) is 0 Å². The molecule has 15 aromatic rings. The number of ether oxygens (including phenoxy) is 2. The molecule has 0 spiro atoms. The van der Waals surface area contributed by atoms with Gasteiger partial charge in [-0.2, -0.15) is 0 Å². The van der Waals surface area contributed by atoms with Gasteiger partial charge < -0.3 is 19.3 Å². The lowest BCUT2D eigenvalue weighted by molar-refractivity contribution is 0.483. The predicted octanol–water partition coefficient (Wildman–Crippen LogP) is 30.7. The zero-order valence-electron chi connectivity index (χ0n) is 65.4.